The Balaban J connectivity index is 2.36. The third-order valence-electron chi connectivity index (χ3n) is 1.99. The number of ether oxygens (including phenoxy) is 1. The van der Waals surface area contributed by atoms with Crippen molar-refractivity contribution in [1.82, 2.24) is 4.90 Å². The van der Waals surface area contributed by atoms with Crippen molar-refractivity contribution in [1.29, 1.82) is 0 Å². The molecule has 1 atom stereocenters. The van der Waals surface area contributed by atoms with Gasteiger partial charge in [0.15, 0.2) is 0 Å². The summed E-state index contributed by atoms with van der Waals surface area (Å²) in [6.45, 7) is 1.95. The van der Waals surface area contributed by atoms with Crippen LogP contribution < -0.4 is 5.73 Å². The molecule has 0 saturated carbocycles. The summed E-state index contributed by atoms with van der Waals surface area (Å²) in [7, 11) is 1.55. The van der Waals surface area contributed by atoms with E-state index in [1.165, 1.54) is 0 Å². The fraction of sp³-hybridized carbons (Fsp3) is 0.875. The predicted octanol–water partition coefficient (Wildman–Crippen LogP) is -0.464. The maximum Gasteiger partial charge on any atom is 0.241 e. The molecule has 4 nitrogen and oxygen atoms in total. The van der Waals surface area contributed by atoms with Crippen molar-refractivity contribution in [2.24, 2.45) is 5.73 Å². The van der Waals surface area contributed by atoms with Crippen molar-refractivity contribution < 1.29 is 9.53 Å². The topological polar surface area (TPSA) is 55.6 Å². The molecule has 0 spiro atoms. The van der Waals surface area contributed by atoms with Crippen molar-refractivity contribution in [3.63, 3.8) is 0 Å². The molecular weight excluding hydrogens is 188 g/mol. The van der Waals surface area contributed by atoms with Crippen LogP contribution in [0.15, 0.2) is 0 Å². The first kappa shape index (κ1) is 10.8. The van der Waals surface area contributed by atoms with E-state index in [9.17, 15) is 4.79 Å². The maximum atomic E-state index is 11.6. The van der Waals surface area contributed by atoms with E-state index >= 15 is 0 Å². The van der Waals surface area contributed by atoms with Crippen LogP contribution in [0.3, 0.4) is 0 Å². The normalized spacial score (nSPS) is 20.0. The second-order valence-corrected chi connectivity index (χ2v) is 4.22. The van der Waals surface area contributed by atoms with E-state index in [0.29, 0.717) is 6.61 Å². The summed E-state index contributed by atoms with van der Waals surface area (Å²) in [5.74, 6) is 2.05. The minimum absolute atomic E-state index is 0.0159. The lowest BCUT2D eigenvalue weighted by Crippen LogP contribution is -2.48. The van der Waals surface area contributed by atoms with E-state index in [1.807, 2.05) is 16.7 Å². The number of hydrogen-bond donors (Lipinski definition) is 1. The van der Waals surface area contributed by atoms with Gasteiger partial charge in [-0.2, -0.15) is 11.8 Å². The monoisotopic (exact) mass is 204 g/mol. The summed E-state index contributed by atoms with van der Waals surface area (Å²) < 4.78 is 4.84. The Morgan fingerprint density at radius 3 is 2.77 bits per heavy atom. The van der Waals surface area contributed by atoms with Gasteiger partial charge in [-0.3, -0.25) is 4.79 Å². The molecule has 0 aliphatic carbocycles. The zero-order valence-electron chi connectivity index (χ0n) is 7.86. The molecule has 0 aromatic heterocycles. The molecule has 1 unspecified atom stereocenters. The van der Waals surface area contributed by atoms with Crippen LogP contribution in [0.25, 0.3) is 0 Å². The van der Waals surface area contributed by atoms with E-state index in [0.717, 1.165) is 24.6 Å². The molecule has 1 heterocycles. The van der Waals surface area contributed by atoms with Crippen LogP contribution in [-0.4, -0.2) is 55.2 Å². The molecule has 1 saturated heterocycles. The Kier molecular flexibility index (Phi) is 4.55. The number of carbonyl (C=O) groups is 1. The van der Waals surface area contributed by atoms with Crippen molar-refractivity contribution in [2.75, 3.05) is 38.3 Å². The third-order valence-corrected chi connectivity index (χ3v) is 2.93. The number of amides is 1. The Labute approximate surface area is 82.8 Å². The summed E-state index contributed by atoms with van der Waals surface area (Å²) in [4.78, 5) is 13.4. The van der Waals surface area contributed by atoms with Gasteiger partial charge in [-0.25, -0.2) is 0 Å². The maximum absolute atomic E-state index is 11.6. The first-order chi connectivity index (χ1) is 6.25. The molecule has 2 N–H and O–H groups in total. The third kappa shape index (κ3) is 3.17. The fourth-order valence-electron chi connectivity index (χ4n) is 1.27. The lowest BCUT2D eigenvalue weighted by Gasteiger charge is -2.28. The smallest absolute Gasteiger partial charge is 0.241 e. The predicted molar refractivity (Wildman–Crippen MR) is 53.8 cm³/mol. The minimum atomic E-state index is -0.493. The molecular formula is C8H16N2O2S. The molecule has 0 bridgehead atoms. The van der Waals surface area contributed by atoms with Gasteiger partial charge < -0.3 is 15.4 Å². The fourth-order valence-corrected chi connectivity index (χ4v) is 2.17. The van der Waals surface area contributed by atoms with Gasteiger partial charge in [-0.15, -0.1) is 0 Å². The van der Waals surface area contributed by atoms with Crippen molar-refractivity contribution in [2.45, 2.75) is 6.04 Å². The summed E-state index contributed by atoms with van der Waals surface area (Å²) in [5.41, 5.74) is 5.64. The van der Waals surface area contributed by atoms with Crippen LogP contribution in [0.5, 0.6) is 0 Å². The molecule has 1 amide bonds. The van der Waals surface area contributed by atoms with Crippen molar-refractivity contribution in [3.8, 4) is 0 Å². The second-order valence-electron chi connectivity index (χ2n) is 3.00. The van der Waals surface area contributed by atoms with Gasteiger partial charge in [-0.1, -0.05) is 0 Å². The van der Waals surface area contributed by atoms with Crippen LogP contribution in [0.4, 0.5) is 0 Å². The van der Waals surface area contributed by atoms with Gasteiger partial charge in [-0.05, 0) is 0 Å². The number of hydrogen-bond acceptors (Lipinski definition) is 4. The quantitative estimate of drug-likeness (QED) is 0.675. The number of carbonyl (C=O) groups excluding carboxylic acids is 1. The largest absolute Gasteiger partial charge is 0.383 e. The van der Waals surface area contributed by atoms with Gasteiger partial charge in [0.1, 0.15) is 6.04 Å². The molecule has 1 aliphatic heterocycles. The van der Waals surface area contributed by atoms with Crippen molar-refractivity contribution in [3.05, 3.63) is 0 Å². The van der Waals surface area contributed by atoms with Gasteiger partial charge in [0.2, 0.25) is 5.91 Å². The summed E-state index contributed by atoms with van der Waals surface area (Å²) in [5, 5.41) is 0. The number of rotatable bonds is 3. The van der Waals surface area contributed by atoms with E-state index in [2.05, 4.69) is 0 Å². The molecule has 76 valence electrons. The van der Waals surface area contributed by atoms with Crippen LogP contribution in [-0.2, 0) is 9.53 Å². The van der Waals surface area contributed by atoms with Gasteiger partial charge in [0.05, 0.1) is 6.61 Å². The van der Waals surface area contributed by atoms with E-state index in [1.54, 1.807) is 7.11 Å². The molecule has 0 radical (unpaired) electrons. The molecule has 1 aliphatic rings. The highest BCUT2D eigenvalue weighted by molar-refractivity contribution is 7.99. The summed E-state index contributed by atoms with van der Waals surface area (Å²) in [6.07, 6.45) is 0. The van der Waals surface area contributed by atoms with E-state index < -0.39 is 6.04 Å². The number of nitrogens with two attached hydrogens (primary N) is 1. The number of methoxy groups -OCH3 is 1. The van der Waals surface area contributed by atoms with E-state index in [-0.39, 0.29) is 5.91 Å². The Hall–Kier alpha value is -0.260. The molecule has 1 rings (SSSR count). The molecule has 5 heteroatoms. The van der Waals surface area contributed by atoms with Gasteiger partial charge in [0, 0.05) is 31.7 Å². The van der Waals surface area contributed by atoms with Crippen LogP contribution >= 0.6 is 11.8 Å². The second kappa shape index (κ2) is 5.47. The Bertz CT molecular complexity index is 172. The first-order valence-corrected chi connectivity index (χ1v) is 5.52. The van der Waals surface area contributed by atoms with Crippen LogP contribution in [0.1, 0.15) is 0 Å². The highest BCUT2D eigenvalue weighted by Crippen LogP contribution is 2.09. The number of nitrogens with zero attached hydrogens (tertiary/aromatic N) is 1. The average molecular weight is 204 g/mol. The van der Waals surface area contributed by atoms with Crippen molar-refractivity contribution >= 4 is 17.7 Å². The molecule has 0 aromatic rings. The van der Waals surface area contributed by atoms with Crippen LogP contribution in [0.2, 0.25) is 0 Å². The average Bonchev–Trinajstić information content (AvgIpc) is 2.18. The minimum Gasteiger partial charge on any atom is -0.383 e. The number of thioether (sulfide) groups is 1. The van der Waals surface area contributed by atoms with Crippen LogP contribution in [0, 0.1) is 0 Å². The standard InChI is InChI=1S/C8H16N2O2S/c1-12-6-7(9)8(11)10-2-4-13-5-3-10/h7H,2-6,9H2,1H3. The molecule has 0 aromatic carbocycles. The molecule has 13 heavy (non-hydrogen) atoms. The highest BCUT2D eigenvalue weighted by Gasteiger charge is 2.22. The summed E-state index contributed by atoms with van der Waals surface area (Å²) in [6, 6.07) is -0.493. The SMILES string of the molecule is COCC(N)C(=O)N1CCSCC1. The Morgan fingerprint density at radius 1 is 1.62 bits per heavy atom. The first-order valence-electron chi connectivity index (χ1n) is 4.36. The van der Waals surface area contributed by atoms with Gasteiger partial charge in [0.25, 0.3) is 0 Å². The van der Waals surface area contributed by atoms with E-state index in [4.69, 9.17) is 10.5 Å². The Morgan fingerprint density at radius 2 is 2.23 bits per heavy atom. The lowest BCUT2D eigenvalue weighted by molar-refractivity contribution is -0.133. The summed E-state index contributed by atoms with van der Waals surface area (Å²) >= 11 is 1.88. The molecule has 1 fully saturated rings. The van der Waals surface area contributed by atoms with Gasteiger partial charge >= 0.3 is 0 Å². The lowest BCUT2D eigenvalue weighted by atomic mass is 10.3. The highest BCUT2D eigenvalue weighted by atomic mass is 32.2. The zero-order valence-corrected chi connectivity index (χ0v) is 8.68. The zero-order chi connectivity index (χ0) is 9.68.